The number of aromatic hydroxyl groups is 1. The summed E-state index contributed by atoms with van der Waals surface area (Å²) in [6.45, 7) is 0.633. The number of aryl methyl sites for hydroxylation is 1. The number of rotatable bonds is 1. The third kappa shape index (κ3) is 2.45. The molecule has 1 aliphatic rings. The molecule has 1 aliphatic heterocycles. The van der Waals surface area contributed by atoms with E-state index in [-0.39, 0.29) is 17.2 Å². The van der Waals surface area contributed by atoms with Gasteiger partial charge in [-0.05, 0) is 58.6 Å². The van der Waals surface area contributed by atoms with Gasteiger partial charge in [0.2, 0.25) is 0 Å². The molecule has 2 aromatic carbocycles. The number of para-hydroxylation sites is 1. The van der Waals surface area contributed by atoms with E-state index in [0.29, 0.717) is 12.1 Å². The van der Waals surface area contributed by atoms with E-state index in [2.05, 4.69) is 20.9 Å². The lowest BCUT2D eigenvalue weighted by Crippen LogP contribution is -2.35. The normalized spacial score (nSPS) is 13.8. The van der Waals surface area contributed by atoms with Crippen LogP contribution in [0, 0.1) is 0 Å². The Morgan fingerprint density at radius 3 is 2.96 bits per heavy atom. The summed E-state index contributed by atoms with van der Waals surface area (Å²) in [6, 6.07) is 12.9. The average Bonchev–Trinajstić information content (AvgIpc) is 2.60. The highest BCUT2D eigenvalue weighted by molar-refractivity contribution is 9.10. The SMILES string of the molecule is O=C(c1cc2ncccc2cc1O)N1CCCc2cccc(Br)c21. The fourth-order valence-corrected chi connectivity index (χ4v) is 3.85. The Morgan fingerprint density at radius 2 is 2.08 bits per heavy atom. The van der Waals surface area contributed by atoms with Gasteiger partial charge in [0.05, 0.1) is 16.8 Å². The van der Waals surface area contributed by atoms with Crippen LogP contribution < -0.4 is 4.90 Å². The largest absolute Gasteiger partial charge is 0.507 e. The maximum atomic E-state index is 13.1. The predicted octanol–water partition coefficient (Wildman–Crippen LogP) is 4.30. The topological polar surface area (TPSA) is 53.4 Å². The van der Waals surface area contributed by atoms with Gasteiger partial charge in [-0.3, -0.25) is 9.78 Å². The summed E-state index contributed by atoms with van der Waals surface area (Å²) in [5, 5.41) is 11.2. The van der Waals surface area contributed by atoms with Crippen LogP contribution in [0.4, 0.5) is 5.69 Å². The van der Waals surface area contributed by atoms with E-state index >= 15 is 0 Å². The molecule has 0 saturated carbocycles. The molecule has 24 heavy (non-hydrogen) atoms. The summed E-state index contributed by atoms with van der Waals surface area (Å²) in [7, 11) is 0. The first-order valence-electron chi connectivity index (χ1n) is 7.82. The minimum Gasteiger partial charge on any atom is -0.507 e. The molecule has 120 valence electrons. The molecular weight excluding hydrogens is 368 g/mol. The molecule has 0 atom stereocenters. The second kappa shape index (κ2) is 5.91. The molecule has 0 spiro atoms. The Labute approximate surface area is 147 Å². The Balaban J connectivity index is 1.82. The first-order valence-corrected chi connectivity index (χ1v) is 8.61. The average molecular weight is 383 g/mol. The van der Waals surface area contributed by atoms with E-state index in [1.807, 2.05) is 24.3 Å². The minimum absolute atomic E-state index is 0.0142. The molecule has 2 heterocycles. The van der Waals surface area contributed by atoms with E-state index in [1.54, 1.807) is 29.3 Å². The van der Waals surface area contributed by atoms with Crippen LogP contribution in [0.3, 0.4) is 0 Å². The standard InChI is InChI=1S/C19H15BrN2O2/c20-15-7-1-4-12-6-3-9-22(18(12)15)19(24)14-11-16-13(10-17(14)23)5-2-8-21-16/h1-2,4-5,7-8,10-11,23H,3,6,9H2. The fourth-order valence-electron chi connectivity index (χ4n) is 3.23. The molecule has 0 bridgehead atoms. The van der Waals surface area contributed by atoms with E-state index in [0.717, 1.165) is 34.0 Å². The van der Waals surface area contributed by atoms with Gasteiger partial charge >= 0.3 is 0 Å². The third-order valence-corrected chi connectivity index (χ3v) is 5.00. The van der Waals surface area contributed by atoms with Crippen molar-refractivity contribution in [3.63, 3.8) is 0 Å². The Bertz CT molecular complexity index is 955. The van der Waals surface area contributed by atoms with Crippen molar-refractivity contribution < 1.29 is 9.90 Å². The zero-order valence-electron chi connectivity index (χ0n) is 12.9. The summed E-state index contributed by atoms with van der Waals surface area (Å²) < 4.78 is 0.895. The first kappa shape index (κ1) is 15.1. The molecule has 0 unspecified atom stereocenters. The quantitative estimate of drug-likeness (QED) is 0.682. The Hall–Kier alpha value is -2.40. The van der Waals surface area contributed by atoms with Crippen molar-refractivity contribution in [1.29, 1.82) is 0 Å². The summed E-state index contributed by atoms with van der Waals surface area (Å²) >= 11 is 3.55. The lowest BCUT2D eigenvalue weighted by Gasteiger charge is -2.30. The maximum Gasteiger partial charge on any atom is 0.262 e. The van der Waals surface area contributed by atoms with E-state index in [9.17, 15) is 9.90 Å². The molecular formula is C19H15BrN2O2. The summed E-state index contributed by atoms with van der Waals surface area (Å²) in [4.78, 5) is 19.1. The van der Waals surface area contributed by atoms with Crippen LogP contribution in [0.15, 0.2) is 53.1 Å². The van der Waals surface area contributed by atoms with Gasteiger partial charge in [0, 0.05) is 22.6 Å². The lowest BCUT2D eigenvalue weighted by molar-refractivity contribution is 0.0982. The highest BCUT2D eigenvalue weighted by Crippen LogP contribution is 2.36. The lowest BCUT2D eigenvalue weighted by atomic mass is 10.00. The number of carbonyl (C=O) groups excluding carboxylic acids is 1. The maximum absolute atomic E-state index is 13.1. The van der Waals surface area contributed by atoms with Gasteiger partial charge in [0.1, 0.15) is 5.75 Å². The highest BCUT2D eigenvalue weighted by atomic mass is 79.9. The smallest absolute Gasteiger partial charge is 0.262 e. The summed E-state index contributed by atoms with van der Waals surface area (Å²) in [5.41, 5.74) is 3.02. The number of halogens is 1. The molecule has 0 fully saturated rings. The van der Waals surface area contributed by atoms with Crippen molar-refractivity contribution in [2.75, 3.05) is 11.4 Å². The minimum atomic E-state index is -0.201. The van der Waals surface area contributed by atoms with Gasteiger partial charge in [-0.2, -0.15) is 0 Å². The molecule has 5 heteroatoms. The van der Waals surface area contributed by atoms with Gasteiger partial charge in [-0.1, -0.05) is 18.2 Å². The number of phenolic OH excluding ortho intramolecular Hbond substituents is 1. The number of fused-ring (bicyclic) bond motifs is 2. The molecule has 3 aromatic rings. The number of amides is 1. The van der Waals surface area contributed by atoms with Crippen LogP contribution in [0.25, 0.3) is 10.9 Å². The number of benzene rings is 2. The van der Waals surface area contributed by atoms with E-state index in [4.69, 9.17) is 0 Å². The zero-order chi connectivity index (χ0) is 16.7. The highest BCUT2D eigenvalue weighted by Gasteiger charge is 2.27. The van der Waals surface area contributed by atoms with Crippen LogP contribution in [-0.2, 0) is 6.42 Å². The fraction of sp³-hybridized carbons (Fsp3) is 0.158. The van der Waals surface area contributed by atoms with Crippen LogP contribution >= 0.6 is 15.9 Å². The molecule has 0 aliphatic carbocycles. The van der Waals surface area contributed by atoms with E-state index < -0.39 is 0 Å². The van der Waals surface area contributed by atoms with Crippen molar-refractivity contribution in [2.45, 2.75) is 12.8 Å². The van der Waals surface area contributed by atoms with Gasteiger partial charge in [0.15, 0.2) is 0 Å². The van der Waals surface area contributed by atoms with Crippen LogP contribution in [0.2, 0.25) is 0 Å². The van der Waals surface area contributed by atoms with Crippen molar-refractivity contribution in [3.8, 4) is 5.75 Å². The first-order chi connectivity index (χ1) is 11.6. The molecule has 1 N–H and O–H groups in total. The van der Waals surface area contributed by atoms with Gasteiger partial charge < -0.3 is 10.0 Å². The Kier molecular flexibility index (Phi) is 3.73. The van der Waals surface area contributed by atoms with Crippen LogP contribution in [-0.4, -0.2) is 22.5 Å². The number of aromatic nitrogens is 1. The number of nitrogens with zero attached hydrogens (tertiary/aromatic N) is 2. The summed E-state index contributed by atoms with van der Waals surface area (Å²) in [6.07, 6.45) is 3.53. The second-order valence-corrected chi connectivity index (χ2v) is 6.73. The number of anilines is 1. The van der Waals surface area contributed by atoms with Crippen molar-refractivity contribution in [3.05, 3.63) is 64.3 Å². The third-order valence-electron chi connectivity index (χ3n) is 4.36. The predicted molar refractivity (Wildman–Crippen MR) is 97.5 cm³/mol. The Morgan fingerprint density at radius 1 is 1.21 bits per heavy atom. The second-order valence-electron chi connectivity index (χ2n) is 5.87. The molecule has 0 saturated heterocycles. The van der Waals surface area contributed by atoms with Gasteiger partial charge in [-0.15, -0.1) is 0 Å². The number of hydrogen-bond donors (Lipinski definition) is 1. The van der Waals surface area contributed by atoms with Gasteiger partial charge in [-0.25, -0.2) is 0 Å². The van der Waals surface area contributed by atoms with Crippen molar-refractivity contribution in [1.82, 2.24) is 4.98 Å². The van der Waals surface area contributed by atoms with Gasteiger partial charge in [0.25, 0.3) is 5.91 Å². The number of carbonyl (C=O) groups is 1. The summed E-state index contributed by atoms with van der Waals surface area (Å²) in [5.74, 6) is -0.215. The monoisotopic (exact) mass is 382 g/mol. The van der Waals surface area contributed by atoms with Crippen molar-refractivity contribution >= 4 is 38.4 Å². The molecule has 0 radical (unpaired) electrons. The number of pyridine rings is 1. The van der Waals surface area contributed by atoms with Crippen molar-refractivity contribution in [2.24, 2.45) is 0 Å². The molecule has 1 amide bonds. The molecule has 4 rings (SSSR count). The van der Waals surface area contributed by atoms with Crippen LogP contribution in [0.1, 0.15) is 22.3 Å². The zero-order valence-corrected chi connectivity index (χ0v) is 14.5. The molecule has 4 nitrogen and oxygen atoms in total. The number of hydrogen-bond acceptors (Lipinski definition) is 3. The molecule has 1 aromatic heterocycles. The number of phenols is 1. The van der Waals surface area contributed by atoms with Crippen LogP contribution in [0.5, 0.6) is 5.75 Å². The van der Waals surface area contributed by atoms with E-state index in [1.165, 1.54) is 0 Å².